The van der Waals surface area contributed by atoms with Crippen LogP contribution in [0.3, 0.4) is 0 Å². The maximum absolute atomic E-state index is 12.0. The summed E-state index contributed by atoms with van der Waals surface area (Å²) in [5, 5.41) is 13.3. The Morgan fingerprint density at radius 2 is 2.28 bits per heavy atom. The molecule has 5 nitrogen and oxygen atoms in total. The topological polar surface area (TPSA) is 70.7 Å². The van der Waals surface area contributed by atoms with E-state index in [0.29, 0.717) is 12.2 Å². The van der Waals surface area contributed by atoms with E-state index in [-0.39, 0.29) is 5.91 Å². The molecule has 1 amide bonds. The van der Waals surface area contributed by atoms with Gasteiger partial charge in [0.1, 0.15) is 5.01 Å². The highest BCUT2D eigenvalue weighted by Crippen LogP contribution is 2.15. The van der Waals surface area contributed by atoms with Gasteiger partial charge in [0.25, 0.3) is 5.91 Å². The highest BCUT2D eigenvalue weighted by Gasteiger charge is 2.13. The van der Waals surface area contributed by atoms with Crippen molar-refractivity contribution < 1.29 is 4.79 Å². The normalized spacial score (nSPS) is 10.7. The van der Waals surface area contributed by atoms with Gasteiger partial charge in [-0.15, -0.1) is 11.3 Å². The Bertz CT molecular complexity index is 674. The van der Waals surface area contributed by atoms with Crippen LogP contribution in [0.2, 0.25) is 0 Å². The number of carbonyl (C=O) groups is 1. The molecular formula is C12H10N4OS. The molecule has 1 aromatic carbocycles. The molecule has 0 aliphatic rings. The first-order chi connectivity index (χ1) is 8.84. The number of thiazole rings is 1. The molecule has 0 saturated heterocycles. The van der Waals surface area contributed by atoms with Crippen LogP contribution >= 0.6 is 11.3 Å². The Balaban J connectivity index is 1.80. The second-order valence-electron chi connectivity index (χ2n) is 3.73. The van der Waals surface area contributed by atoms with Crippen LogP contribution in [0.25, 0.3) is 10.9 Å². The van der Waals surface area contributed by atoms with Crippen LogP contribution in [-0.4, -0.2) is 21.1 Å². The van der Waals surface area contributed by atoms with Gasteiger partial charge >= 0.3 is 0 Å². The molecule has 2 heterocycles. The Labute approximate surface area is 107 Å². The molecule has 18 heavy (non-hydrogen) atoms. The average molecular weight is 258 g/mol. The molecule has 2 aromatic heterocycles. The maximum atomic E-state index is 12.0. The van der Waals surface area contributed by atoms with Crippen molar-refractivity contribution in [3.63, 3.8) is 0 Å². The van der Waals surface area contributed by atoms with Gasteiger partial charge in [0.15, 0.2) is 5.69 Å². The maximum Gasteiger partial charge on any atom is 0.272 e. The van der Waals surface area contributed by atoms with Gasteiger partial charge in [-0.25, -0.2) is 4.98 Å². The summed E-state index contributed by atoms with van der Waals surface area (Å²) in [5.74, 6) is -0.192. The van der Waals surface area contributed by atoms with Crippen molar-refractivity contribution in [3.8, 4) is 0 Å². The number of hydrogen-bond acceptors (Lipinski definition) is 4. The van der Waals surface area contributed by atoms with Crippen LogP contribution < -0.4 is 5.32 Å². The number of nitrogens with zero attached hydrogens (tertiary/aromatic N) is 2. The average Bonchev–Trinajstić information content (AvgIpc) is 3.05. The van der Waals surface area contributed by atoms with Gasteiger partial charge in [0, 0.05) is 17.0 Å². The Morgan fingerprint density at radius 1 is 1.39 bits per heavy atom. The molecule has 3 rings (SSSR count). The van der Waals surface area contributed by atoms with Crippen LogP contribution in [0.1, 0.15) is 15.5 Å². The lowest BCUT2D eigenvalue weighted by Gasteiger charge is -2.00. The molecule has 2 N–H and O–H groups in total. The van der Waals surface area contributed by atoms with Crippen molar-refractivity contribution in [1.82, 2.24) is 20.5 Å². The van der Waals surface area contributed by atoms with Gasteiger partial charge < -0.3 is 5.32 Å². The van der Waals surface area contributed by atoms with E-state index in [1.165, 1.54) is 11.3 Å². The summed E-state index contributed by atoms with van der Waals surface area (Å²) >= 11 is 1.51. The highest BCUT2D eigenvalue weighted by atomic mass is 32.1. The number of amides is 1. The van der Waals surface area contributed by atoms with E-state index in [2.05, 4.69) is 20.5 Å². The smallest absolute Gasteiger partial charge is 0.272 e. The van der Waals surface area contributed by atoms with Crippen LogP contribution in [0.4, 0.5) is 0 Å². The van der Waals surface area contributed by atoms with Crippen molar-refractivity contribution in [2.75, 3.05) is 0 Å². The van der Waals surface area contributed by atoms with Crippen molar-refractivity contribution in [3.05, 3.63) is 46.5 Å². The zero-order chi connectivity index (χ0) is 12.4. The molecule has 6 heteroatoms. The largest absolute Gasteiger partial charge is 0.344 e. The summed E-state index contributed by atoms with van der Waals surface area (Å²) in [6.07, 6.45) is 1.72. The molecule has 0 saturated carbocycles. The quantitative estimate of drug-likeness (QED) is 0.754. The summed E-state index contributed by atoms with van der Waals surface area (Å²) in [7, 11) is 0. The van der Waals surface area contributed by atoms with Crippen LogP contribution in [0.5, 0.6) is 0 Å². The molecule has 0 aliphatic heterocycles. The first kappa shape index (κ1) is 10.9. The summed E-state index contributed by atoms with van der Waals surface area (Å²) < 4.78 is 0. The molecule has 3 aromatic rings. The van der Waals surface area contributed by atoms with Gasteiger partial charge in [-0.05, 0) is 6.07 Å². The van der Waals surface area contributed by atoms with Crippen LogP contribution in [0, 0.1) is 0 Å². The van der Waals surface area contributed by atoms with Gasteiger partial charge in [-0.3, -0.25) is 9.89 Å². The number of H-pyrrole nitrogens is 1. The monoisotopic (exact) mass is 258 g/mol. The lowest BCUT2D eigenvalue weighted by Crippen LogP contribution is -2.23. The van der Waals surface area contributed by atoms with Crippen molar-refractivity contribution in [2.24, 2.45) is 0 Å². The number of rotatable bonds is 3. The number of aromatic nitrogens is 3. The minimum absolute atomic E-state index is 0.192. The zero-order valence-corrected chi connectivity index (χ0v) is 10.2. The number of benzene rings is 1. The van der Waals surface area contributed by atoms with E-state index in [9.17, 15) is 4.79 Å². The lowest BCUT2D eigenvalue weighted by atomic mass is 10.2. The standard InChI is InChI=1S/C12H10N4OS/c17-12(14-7-10-13-5-6-18-10)11-8-3-1-2-4-9(8)15-16-11/h1-6H,7H2,(H,14,17)(H,15,16). The van der Waals surface area contributed by atoms with Crippen molar-refractivity contribution >= 4 is 28.1 Å². The molecule has 0 unspecified atom stereocenters. The number of nitrogens with one attached hydrogen (secondary N) is 2. The van der Waals surface area contributed by atoms with E-state index in [1.807, 2.05) is 29.6 Å². The van der Waals surface area contributed by atoms with E-state index in [0.717, 1.165) is 15.9 Å². The molecular weight excluding hydrogens is 248 g/mol. The molecule has 0 fully saturated rings. The van der Waals surface area contributed by atoms with Gasteiger partial charge in [0.05, 0.1) is 12.1 Å². The third-order valence-corrected chi connectivity index (χ3v) is 3.35. The summed E-state index contributed by atoms with van der Waals surface area (Å²) in [4.78, 5) is 16.1. The summed E-state index contributed by atoms with van der Waals surface area (Å²) in [6, 6.07) is 7.55. The van der Waals surface area contributed by atoms with Crippen LogP contribution in [-0.2, 0) is 6.54 Å². The third kappa shape index (κ3) is 1.98. The molecule has 0 bridgehead atoms. The predicted molar refractivity (Wildman–Crippen MR) is 69.4 cm³/mol. The third-order valence-electron chi connectivity index (χ3n) is 2.57. The minimum atomic E-state index is -0.192. The molecule has 0 aliphatic carbocycles. The van der Waals surface area contributed by atoms with Crippen molar-refractivity contribution in [2.45, 2.75) is 6.54 Å². The second-order valence-corrected chi connectivity index (χ2v) is 4.71. The van der Waals surface area contributed by atoms with E-state index in [1.54, 1.807) is 6.20 Å². The fourth-order valence-electron chi connectivity index (χ4n) is 1.72. The molecule has 0 atom stereocenters. The van der Waals surface area contributed by atoms with E-state index in [4.69, 9.17) is 0 Å². The van der Waals surface area contributed by atoms with Crippen molar-refractivity contribution in [1.29, 1.82) is 0 Å². The predicted octanol–water partition coefficient (Wildman–Crippen LogP) is 1.95. The van der Waals surface area contributed by atoms with Gasteiger partial charge in [0.2, 0.25) is 0 Å². The second kappa shape index (κ2) is 4.58. The first-order valence-corrected chi connectivity index (χ1v) is 6.32. The zero-order valence-electron chi connectivity index (χ0n) is 9.38. The molecule has 0 radical (unpaired) electrons. The number of carbonyl (C=O) groups excluding carboxylic acids is 1. The van der Waals surface area contributed by atoms with E-state index >= 15 is 0 Å². The summed E-state index contributed by atoms with van der Waals surface area (Å²) in [5.41, 5.74) is 1.28. The fourth-order valence-corrected chi connectivity index (χ4v) is 2.27. The summed E-state index contributed by atoms with van der Waals surface area (Å²) in [6.45, 7) is 0.428. The number of para-hydroxylation sites is 1. The molecule has 0 spiro atoms. The number of fused-ring (bicyclic) bond motifs is 1. The van der Waals surface area contributed by atoms with Gasteiger partial charge in [-0.2, -0.15) is 5.10 Å². The minimum Gasteiger partial charge on any atom is -0.344 e. The Hall–Kier alpha value is -2.21. The molecule has 90 valence electrons. The first-order valence-electron chi connectivity index (χ1n) is 5.44. The number of aromatic amines is 1. The number of hydrogen-bond donors (Lipinski definition) is 2. The van der Waals surface area contributed by atoms with Gasteiger partial charge in [-0.1, -0.05) is 18.2 Å². The fraction of sp³-hybridized carbons (Fsp3) is 0.0833. The van der Waals surface area contributed by atoms with E-state index < -0.39 is 0 Å². The SMILES string of the molecule is O=C(NCc1nccs1)c1n[nH]c2ccccc12. The Morgan fingerprint density at radius 3 is 3.11 bits per heavy atom. The lowest BCUT2D eigenvalue weighted by molar-refractivity contribution is 0.0947. The Kier molecular flexibility index (Phi) is 2.77. The van der Waals surface area contributed by atoms with Crippen LogP contribution in [0.15, 0.2) is 35.8 Å². The highest BCUT2D eigenvalue weighted by molar-refractivity contribution is 7.09.